The van der Waals surface area contributed by atoms with Crippen LogP contribution in [0.4, 0.5) is 11.6 Å². The van der Waals surface area contributed by atoms with E-state index in [4.69, 9.17) is 0 Å². The van der Waals surface area contributed by atoms with Gasteiger partial charge in [0.25, 0.3) is 5.91 Å². The Balaban J connectivity index is 1.12. The summed E-state index contributed by atoms with van der Waals surface area (Å²) in [6.45, 7) is 6.54. The van der Waals surface area contributed by atoms with Crippen LogP contribution >= 0.6 is 0 Å². The van der Waals surface area contributed by atoms with Crippen LogP contribution in [0, 0.1) is 0 Å². The van der Waals surface area contributed by atoms with E-state index in [2.05, 4.69) is 36.8 Å². The lowest BCUT2D eigenvalue weighted by molar-refractivity contribution is 0.0709. The van der Waals surface area contributed by atoms with E-state index in [1.165, 1.54) is 50.9 Å². The molecule has 182 valence electrons. The molecule has 1 aromatic heterocycles. The predicted octanol–water partition coefficient (Wildman–Crippen LogP) is 3.67. The van der Waals surface area contributed by atoms with Gasteiger partial charge in [0.05, 0.1) is 0 Å². The van der Waals surface area contributed by atoms with Gasteiger partial charge in [-0.3, -0.25) is 4.79 Å². The van der Waals surface area contributed by atoms with Crippen molar-refractivity contribution in [2.75, 3.05) is 56.1 Å². The Hall–Kier alpha value is -2.67. The summed E-state index contributed by atoms with van der Waals surface area (Å²) in [7, 11) is 1.95. The molecule has 0 spiro atoms. The maximum atomic E-state index is 13.2. The molecule has 1 aromatic carbocycles. The average Bonchev–Trinajstić information content (AvgIpc) is 2.93. The van der Waals surface area contributed by atoms with Crippen LogP contribution in [0.1, 0.15) is 55.3 Å². The van der Waals surface area contributed by atoms with Crippen molar-refractivity contribution < 1.29 is 4.79 Å². The van der Waals surface area contributed by atoms with Crippen molar-refractivity contribution in [2.45, 2.75) is 57.0 Å². The lowest BCUT2D eigenvalue weighted by atomic mass is 9.99. The monoisotopic (exact) mass is 462 g/mol. The minimum absolute atomic E-state index is 0.116. The SMILES string of the molecule is CN(C(=O)c1ccc(N2CCC(N3CCCCC3)CC2)cc1)C1CCN(c2ncccn2)CC1. The van der Waals surface area contributed by atoms with Crippen molar-refractivity contribution >= 4 is 17.5 Å². The van der Waals surface area contributed by atoms with Crippen molar-refractivity contribution in [3.05, 3.63) is 48.3 Å². The normalized spacial score (nSPS) is 21.0. The number of carbonyl (C=O) groups is 1. The average molecular weight is 463 g/mol. The Kier molecular flexibility index (Phi) is 7.28. The van der Waals surface area contributed by atoms with Gasteiger partial charge in [-0.1, -0.05) is 6.42 Å². The fourth-order valence-corrected chi connectivity index (χ4v) is 5.86. The Morgan fingerprint density at radius 2 is 1.44 bits per heavy atom. The third-order valence-electron chi connectivity index (χ3n) is 8.02. The van der Waals surface area contributed by atoms with Crippen LogP contribution in [0.5, 0.6) is 0 Å². The van der Waals surface area contributed by atoms with Gasteiger partial charge in [-0.2, -0.15) is 0 Å². The number of likely N-dealkylation sites (tertiary alicyclic amines) is 1. The molecule has 34 heavy (non-hydrogen) atoms. The smallest absolute Gasteiger partial charge is 0.253 e. The second-order valence-electron chi connectivity index (χ2n) is 10.0. The first-order valence-electron chi connectivity index (χ1n) is 13.1. The van der Waals surface area contributed by atoms with E-state index in [0.717, 1.165) is 56.6 Å². The lowest BCUT2D eigenvalue weighted by Crippen LogP contribution is -2.46. The van der Waals surface area contributed by atoms with Gasteiger partial charge in [-0.05, 0) is 81.9 Å². The van der Waals surface area contributed by atoms with Crippen LogP contribution in [0.3, 0.4) is 0 Å². The minimum atomic E-state index is 0.116. The van der Waals surface area contributed by atoms with Gasteiger partial charge in [0, 0.05) is 69.0 Å². The lowest BCUT2D eigenvalue weighted by Gasteiger charge is -2.41. The molecule has 3 aliphatic rings. The molecule has 7 heteroatoms. The van der Waals surface area contributed by atoms with Crippen LogP contribution in [0.25, 0.3) is 0 Å². The third-order valence-corrected chi connectivity index (χ3v) is 8.02. The standard InChI is InChI=1S/C27H38N6O/c1-30(23-10-20-33(21-11-23)27-28-14-5-15-29-27)26(34)22-6-8-24(9-7-22)32-18-12-25(13-19-32)31-16-3-2-4-17-31/h5-9,14-15,23,25H,2-4,10-13,16-21H2,1H3. The molecular weight excluding hydrogens is 424 g/mol. The van der Waals surface area contributed by atoms with Gasteiger partial charge < -0.3 is 19.6 Å². The van der Waals surface area contributed by atoms with Crippen LogP contribution in [0.15, 0.2) is 42.7 Å². The first-order chi connectivity index (χ1) is 16.7. The van der Waals surface area contributed by atoms with Gasteiger partial charge in [-0.25, -0.2) is 9.97 Å². The summed E-state index contributed by atoms with van der Waals surface area (Å²) in [6.07, 6.45) is 12.1. The number of anilines is 2. The summed E-state index contributed by atoms with van der Waals surface area (Å²) in [5.41, 5.74) is 2.02. The van der Waals surface area contributed by atoms with Crippen molar-refractivity contribution in [1.82, 2.24) is 19.8 Å². The molecule has 3 aliphatic heterocycles. The van der Waals surface area contributed by atoms with Crippen LogP contribution in [0.2, 0.25) is 0 Å². The molecule has 0 bridgehead atoms. The number of benzene rings is 1. The molecule has 0 aliphatic carbocycles. The van der Waals surface area contributed by atoms with Gasteiger partial charge >= 0.3 is 0 Å². The number of amides is 1. The Labute approximate surface area is 203 Å². The molecule has 0 N–H and O–H groups in total. The predicted molar refractivity (Wildman–Crippen MR) is 136 cm³/mol. The first-order valence-corrected chi connectivity index (χ1v) is 13.1. The molecule has 3 fully saturated rings. The highest BCUT2D eigenvalue weighted by Gasteiger charge is 2.28. The van der Waals surface area contributed by atoms with E-state index in [1.807, 2.05) is 30.1 Å². The first kappa shape index (κ1) is 23.1. The van der Waals surface area contributed by atoms with E-state index in [1.54, 1.807) is 12.4 Å². The van der Waals surface area contributed by atoms with E-state index in [0.29, 0.717) is 0 Å². The van der Waals surface area contributed by atoms with Gasteiger partial charge in [-0.15, -0.1) is 0 Å². The quantitative estimate of drug-likeness (QED) is 0.676. The minimum Gasteiger partial charge on any atom is -0.371 e. The summed E-state index contributed by atoms with van der Waals surface area (Å²) < 4.78 is 0. The second kappa shape index (κ2) is 10.7. The number of piperidine rings is 3. The van der Waals surface area contributed by atoms with E-state index >= 15 is 0 Å². The summed E-state index contributed by atoms with van der Waals surface area (Å²) in [4.78, 5) is 31.2. The van der Waals surface area contributed by atoms with Gasteiger partial charge in [0.1, 0.15) is 0 Å². The largest absolute Gasteiger partial charge is 0.371 e. The van der Waals surface area contributed by atoms with Crippen LogP contribution < -0.4 is 9.80 Å². The highest BCUT2D eigenvalue weighted by molar-refractivity contribution is 5.94. The Morgan fingerprint density at radius 1 is 0.824 bits per heavy atom. The number of carbonyl (C=O) groups excluding carboxylic acids is 1. The Bertz CT molecular complexity index is 914. The summed E-state index contributed by atoms with van der Waals surface area (Å²) in [5.74, 6) is 0.898. The maximum absolute atomic E-state index is 13.2. The molecule has 0 atom stereocenters. The Morgan fingerprint density at radius 3 is 2.09 bits per heavy atom. The highest BCUT2D eigenvalue weighted by Crippen LogP contribution is 2.26. The number of aromatic nitrogens is 2. The molecular formula is C27H38N6O. The maximum Gasteiger partial charge on any atom is 0.253 e. The molecule has 7 nitrogen and oxygen atoms in total. The molecule has 0 radical (unpaired) electrons. The molecule has 4 heterocycles. The van der Waals surface area contributed by atoms with Crippen molar-refractivity contribution in [1.29, 1.82) is 0 Å². The highest BCUT2D eigenvalue weighted by atomic mass is 16.2. The van der Waals surface area contributed by atoms with Crippen molar-refractivity contribution in [3.8, 4) is 0 Å². The summed E-state index contributed by atoms with van der Waals surface area (Å²) >= 11 is 0. The zero-order chi connectivity index (χ0) is 23.3. The van der Waals surface area contributed by atoms with Crippen molar-refractivity contribution in [2.24, 2.45) is 0 Å². The molecule has 1 amide bonds. The number of rotatable bonds is 5. The van der Waals surface area contributed by atoms with Gasteiger partial charge in [0.15, 0.2) is 0 Å². The van der Waals surface area contributed by atoms with E-state index in [9.17, 15) is 4.79 Å². The second-order valence-corrected chi connectivity index (χ2v) is 10.0. The fourth-order valence-electron chi connectivity index (χ4n) is 5.86. The zero-order valence-corrected chi connectivity index (χ0v) is 20.5. The third kappa shape index (κ3) is 5.19. The van der Waals surface area contributed by atoms with Crippen molar-refractivity contribution in [3.63, 3.8) is 0 Å². The summed E-state index contributed by atoms with van der Waals surface area (Å²) in [6, 6.07) is 11.1. The molecule has 2 aromatic rings. The number of hydrogen-bond donors (Lipinski definition) is 0. The van der Waals surface area contributed by atoms with Gasteiger partial charge in [0.2, 0.25) is 5.95 Å². The van der Waals surface area contributed by atoms with Crippen LogP contribution in [-0.4, -0.2) is 84.1 Å². The molecule has 0 saturated carbocycles. The van der Waals surface area contributed by atoms with E-state index in [-0.39, 0.29) is 11.9 Å². The molecule has 0 unspecified atom stereocenters. The fraction of sp³-hybridized carbons (Fsp3) is 0.593. The number of nitrogens with zero attached hydrogens (tertiary/aromatic N) is 6. The number of hydrogen-bond acceptors (Lipinski definition) is 6. The molecule has 5 rings (SSSR count). The topological polar surface area (TPSA) is 55.8 Å². The summed E-state index contributed by atoms with van der Waals surface area (Å²) in [5, 5.41) is 0. The van der Waals surface area contributed by atoms with E-state index < -0.39 is 0 Å². The van der Waals surface area contributed by atoms with Crippen LogP contribution in [-0.2, 0) is 0 Å². The molecule has 3 saturated heterocycles. The zero-order valence-electron chi connectivity index (χ0n) is 20.5.